The number of fused-ring (bicyclic) bond motifs is 1. The predicted molar refractivity (Wildman–Crippen MR) is 90.6 cm³/mol. The first-order valence-corrected chi connectivity index (χ1v) is 8.77. The Bertz CT molecular complexity index is 776. The Hall–Kier alpha value is -2.37. The van der Waals surface area contributed by atoms with Gasteiger partial charge < -0.3 is 9.64 Å². The summed E-state index contributed by atoms with van der Waals surface area (Å²) in [6, 6.07) is 6.28. The van der Waals surface area contributed by atoms with E-state index in [0.717, 1.165) is 24.9 Å². The van der Waals surface area contributed by atoms with E-state index in [1.807, 2.05) is 18.0 Å². The maximum atomic E-state index is 13.3. The molecule has 0 spiro atoms. The Labute approximate surface area is 146 Å². The Morgan fingerprint density at radius 2 is 2.24 bits per heavy atom. The molecule has 1 saturated heterocycles. The molecule has 1 aromatic carbocycles. The fourth-order valence-electron chi connectivity index (χ4n) is 4.07. The second-order valence-electron chi connectivity index (χ2n) is 7.13. The van der Waals surface area contributed by atoms with Crippen LogP contribution in [0.25, 0.3) is 0 Å². The van der Waals surface area contributed by atoms with E-state index in [1.165, 1.54) is 12.1 Å². The molecule has 1 amide bonds. The average molecular weight is 343 g/mol. The number of benzene rings is 1. The number of likely N-dealkylation sites (tertiary alicyclic amines) is 1. The largest absolute Gasteiger partial charge is 0.490 e. The van der Waals surface area contributed by atoms with Gasteiger partial charge in [-0.1, -0.05) is 6.07 Å². The lowest BCUT2D eigenvalue weighted by molar-refractivity contribution is -0.131. The van der Waals surface area contributed by atoms with Gasteiger partial charge in [0.25, 0.3) is 0 Å². The maximum absolute atomic E-state index is 13.3. The Morgan fingerprint density at radius 3 is 3.00 bits per heavy atom. The summed E-state index contributed by atoms with van der Waals surface area (Å²) in [7, 11) is 0. The minimum absolute atomic E-state index is 0.0524. The Balaban J connectivity index is 1.38. The van der Waals surface area contributed by atoms with Crippen molar-refractivity contribution in [1.29, 1.82) is 0 Å². The summed E-state index contributed by atoms with van der Waals surface area (Å²) >= 11 is 0. The van der Waals surface area contributed by atoms with Gasteiger partial charge in [0.05, 0.1) is 6.20 Å². The standard InChI is InChI=1S/C19H22FN3O2/c1-13-8-21-23(9-13)12-19(24)22-10-14-5-6-18(17(14)11-22)25-16-4-2-3-15(20)7-16/h2-4,7-9,14,17-18H,5-6,10-12H2,1H3/t14-,17+,18-/m0/s1. The van der Waals surface area contributed by atoms with E-state index >= 15 is 0 Å². The van der Waals surface area contributed by atoms with Crippen LogP contribution in [0.2, 0.25) is 0 Å². The van der Waals surface area contributed by atoms with Crippen LogP contribution in [0.3, 0.4) is 0 Å². The summed E-state index contributed by atoms with van der Waals surface area (Å²) < 4.78 is 21.1. The molecule has 132 valence electrons. The number of aryl methyl sites for hydroxylation is 1. The van der Waals surface area contributed by atoms with Crippen LogP contribution in [-0.4, -0.2) is 39.8 Å². The van der Waals surface area contributed by atoms with Crippen LogP contribution in [0, 0.1) is 24.6 Å². The third kappa shape index (κ3) is 3.38. The van der Waals surface area contributed by atoms with Crippen LogP contribution in [0.4, 0.5) is 4.39 Å². The van der Waals surface area contributed by atoms with Crippen LogP contribution < -0.4 is 4.74 Å². The van der Waals surface area contributed by atoms with E-state index in [4.69, 9.17) is 4.74 Å². The second kappa shape index (κ2) is 6.50. The molecule has 0 radical (unpaired) electrons. The molecule has 0 N–H and O–H groups in total. The highest BCUT2D eigenvalue weighted by molar-refractivity contribution is 5.76. The molecule has 0 bridgehead atoms. The number of amides is 1. The van der Waals surface area contributed by atoms with E-state index < -0.39 is 0 Å². The molecule has 25 heavy (non-hydrogen) atoms. The van der Waals surface area contributed by atoms with Crippen molar-refractivity contribution in [1.82, 2.24) is 14.7 Å². The number of carbonyl (C=O) groups is 1. The van der Waals surface area contributed by atoms with Crippen LogP contribution in [-0.2, 0) is 11.3 Å². The highest BCUT2D eigenvalue weighted by atomic mass is 19.1. The van der Waals surface area contributed by atoms with E-state index in [9.17, 15) is 9.18 Å². The molecular formula is C19H22FN3O2. The van der Waals surface area contributed by atoms with E-state index in [-0.39, 0.29) is 24.4 Å². The van der Waals surface area contributed by atoms with Crippen molar-refractivity contribution in [3.05, 3.63) is 48.0 Å². The van der Waals surface area contributed by atoms with Gasteiger partial charge in [0.2, 0.25) is 5.91 Å². The van der Waals surface area contributed by atoms with Crippen molar-refractivity contribution in [2.45, 2.75) is 32.4 Å². The molecule has 1 aromatic heterocycles. The molecule has 6 heteroatoms. The van der Waals surface area contributed by atoms with E-state index in [2.05, 4.69) is 5.10 Å². The topological polar surface area (TPSA) is 47.4 Å². The minimum Gasteiger partial charge on any atom is -0.490 e. The number of aromatic nitrogens is 2. The van der Waals surface area contributed by atoms with Gasteiger partial charge in [-0.2, -0.15) is 5.10 Å². The monoisotopic (exact) mass is 343 g/mol. The summed E-state index contributed by atoms with van der Waals surface area (Å²) in [4.78, 5) is 14.5. The zero-order chi connectivity index (χ0) is 17.4. The number of hydrogen-bond donors (Lipinski definition) is 0. The fourth-order valence-corrected chi connectivity index (χ4v) is 4.07. The average Bonchev–Trinajstić information content (AvgIpc) is 3.25. The highest BCUT2D eigenvalue weighted by Gasteiger charge is 2.45. The smallest absolute Gasteiger partial charge is 0.244 e. The number of nitrogens with zero attached hydrogens (tertiary/aromatic N) is 3. The fraction of sp³-hybridized carbons (Fsp3) is 0.474. The van der Waals surface area contributed by atoms with Gasteiger partial charge in [0, 0.05) is 31.3 Å². The molecular weight excluding hydrogens is 321 g/mol. The lowest BCUT2D eigenvalue weighted by Crippen LogP contribution is -2.34. The zero-order valence-corrected chi connectivity index (χ0v) is 14.3. The van der Waals surface area contributed by atoms with Crippen molar-refractivity contribution in [2.24, 2.45) is 11.8 Å². The maximum Gasteiger partial charge on any atom is 0.244 e. The van der Waals surface area contributed by atoms with Crippen molar-refractivity contribution in [3.63, 3.8) is 0 Å². The van der Waals surface area contributed by atoms with Gasteiger partial charge in [0.1, 0.15) is 24.2 Å². The van der Waals surface area contributed by atoms with Crippen LogP contribution in [0.5, 0.6) is 5.75 Å². The SMILES string of the molecule is Cc1cnn(CC(=O)N2C[C@@H]3CC[C@H](Oc4cccc(F)c4)[C@@H]3C2)c1. The predicted octanol–water partition coefficient (Wildman–Crippen LogP) is 2.65. The highest BCUT2D eigenvalue weighted by Crippen LogP contribution is 2.40. The molecule has 3 atom stereocenters. The molecule has 1 aliphatic heterocycles. The van der Waals surface area contributed by atoms with Crippen molar-refractivity contribution in [2.75, 3.05) is 13.1 Å². The first kappa shape index (κ1) is 16.1. The number of halogens is 1. The lowest BCUT2D eigenvalue weighted by Gasteiger charge is -2.22. The van der Waals surface area contributed by atoms with Gasteiger partial charge in [-0.05, 0) is 43.4 Å². The molecule has 1 aliphatic carbocycles. The van der Waals surface area contributed by atoms with Gasteiger partial charge >= 0.3 is 0 Å². The van der Waals surface area contributed by atoms with Crippen molar-refractivity contribution in [3.8, 4) is 5.75 Å². The zero-order valence-electron chi connectivity index (χ0n) is 14.3. The number of ether oxygens (including phenoxy) is 1. The molecule has 2 fully saturated rings. The quantitative estimate of drug-likeness (QED) is 0.857. The normalized spacial score (nSPS) is 25.2. The van der Waals surface area contributed by atoms with Gasteiger partial charge in [0.15, 0.2) is 0 Å². The van der Waals surface area contributed by atoms with Gasteiger partial charge in [-0.3, -0.25) is 9.48 Å². The summed E-state index contributed by atoms with van der Waals surface area (Å²) in [6.45, 7) is 3.74. The van der Waals surface area contributed by atoms with Crippen molar-refractivity contribution >= 4 is 5.91 Å². The van der Waals surface area contributed by atoms with Crippen molar-refractivity contribution < 1.29 is 13.9 Å². The number of carbonyl (C=O) groups excluding carboxylic acids is 1. The first-order valence-electron chi connectivity index (χ1n) is 8.77. The van der Waals surface area contributed by atoms with Crippen LogP contribution in [0.15, 0.2) is 36.7 Å². The van der Waals surface area contributed by atoms with Gasteiger partial charge in [-0.15, -0.1) is 0 Å². The molecule has 1 saturated carbocycles. The number of hydrogen-bond acceptors (Lipinski definition) is 3. The van der Waals surface area contributed by atoms with Crippen LogP contribution >= 0.6 is 0 Å². The third-order valence-electron chi connectivity index (χ3n) is 5.29. The molecule has 2 heterocycles. The summed E-state index contributed by atoms with van der Waals surface area (Å²) in [5, 5.41) is 4.19. The molecule has 2 aromatic rings. The first-order chi connectivity index (χ1) is 12.1. The number of rotatable bonds is 4. The molecule has 0 unspecified atom stereocenters. The third-order valence-corrected chi connectivity index (χ3v) is 5.29. The van der Waals surface area contributed by atoms with E-state index in [0.29, 0.717) is 24.1 Å². The second-order valence-corrected chi connectivity index (χ2v) is 7.13. The lowest BCUT2D eigenvalue weighted by atomic mass is 9.99. The van der Waals surface area contributed by atoms with Gasteiger partial charge in [-0.25, -0.2) is 4.39 Å². The summed E-state index contributed by atoms with van der Waals surface area (Å²) in [6.07, 6.45) is 5.71. The minimum atomic E-state index is -0.287. The Morgan fingerprint density at radius 1 is 1.36 bits per heavy atom. The molecule has 5 nitrogen and oxygen atoms in total. The summed E-state index contributed by atoms with van der Waals surface area (Å²) in [5.74, 6) is 1.18. The molecule has 2 aliphatic rings. The Kier molecular flexibility index (Phi) is 4.19. The summed E-state index contributed by atoms with van der Waals surface area (Å²) in [5.41, 5.74) is 1.05. The molecule has 4 rings (SSSR count). The van der Waals surface area contributed by atoms with Crippen LogP contribution in [0.1, 0.15) is 18.4 Å². The van der Waals surface area contributed by atoms with E-state index in [1.54, 1.807) is 23.0 Å².